The number of likely N-dealkylation sites (tertiary alicyclic amines) is 1. The Hall–Kier alpha value is -3.30. The maximum atomic E-state index is 12.6. The van der Waals surface area contributed by atoms with E-state index in [1.165, 1.54) is 6.26 Å². The van der Waals surface area contributed by atoms with Gasteiger partial charge in [0.05, 0.1) is 17.7 Å². The summed E-state index contributed by atoms with van der Waals surface area (Å²) in [5.41, 5.74) is -0.734. The summed E-state index contributed by atoms with van der Waals surface area (Å²) in [4.78, 5) is 38.4. The van der Waals surface area contributed by atoms with Crippen molar-refractivity contribution in [2.45, 2.75) is 19.0 Å². The Morgan fingerprint density at radius 3 is 2.42 bits per heavy atom. The number of rotatable bonds is 6. The highest BCUT2D eigenvalue weighted by atomic mass is 19.4. The number of hydrogen-bond donors (Lipinski definition) is 2. The van der Waals surface area contributed by atoms with E-state index in [9.17, 15) is 27.6 Å². The number of benzene rings is 1. The minimum atomic E-state index is -4.46. The molecule has 1 aromatic carbocycles. The number of nitrogens with one attached hydrogen (secondary N) is 2. The second-order valence-corrected chi connectivity index (χ2v) is 7.19. The van der Waals surface area contributed by atoms with Crippen molar-refractivity contribution in [2.24, 2.45) is 5.92 Å². The standard InChI is InChI=1S/C21H22F3N3O4/c22-21(23,24)16-7-5-14(6-8-16)18(28)25-9-10-26-19(29)15-3-1-11-27(13-15)20(30)17-4-2-12-31-17/h2,4-8,12,15H,1,3,9-11,13H2,(H,25,28)(H,26,29)/t15-/m1/s1. The number of amides is 3. The molecule has 1 aromatic heterocycles. The Morgan fingerprint density at radius 2 is 1.77 bits per heavy atom. The lowest BCUT2D eigenvalue weighted by molar-refractivity contribution is -0.137. The van der Waals surface area contributed by atoms with E-state index in [2.05, 4.69) is 10.6 Å². The van der Waals surface area contributed by atoms with Gasteiger partial charge in [0.2, 0.25) is 5.91 Å². The molecule has 0 bridgehead atoms. The van der Waals surface area contributed by atoms with Gasteiger partial charge in [-0.15, -0.1) is 0 Å². The van der Waals surface area contributed by atoms with Crippen LogP contribution in [-0.4, -0.2) is 48.8 Å². The molecule has 166 valence electrons. The Kier molecular flexibility index (Phi) is 6.98. The van der Waals surface area contributed by atoms with Crippen LogP contribution in [0.5, 0.6) is 0 Å². The van der Waals surface area contributed by atoms with E-state index in [-0.39, 0.29) is 48.7 Å². The molecule has 1 fully saturated rings. The first-order valence-electron chi connectivity index (χ1n) is 9.81. The molecule has 1 aliphatic heterocycles. The highest BCUT2D eigenvalue weighted by Crippen LogP contribution is 2.29. The molecule has 31 heavy (non-hydrogen) atoms. The molecule has 2 heterocycles. The lowest BCUT2D eigenvalue weighted by atomic mass is 9.97. The molecule has 1 saturated heterocycles. The number of hydrogen-bond acceptors (Lipinski definition) is 4. The van der Waals surface area contributed by atoms with Crippen LogP contribution in [0.15, 0.2) is 47.1 Å². The topological polar surface area (TPSA) is 91.7 Å². The number of piperidine rings is 1. The molecule has 0 spiro atoms. The summed E-state index contributed by atoms with van der Waals surface area (Å²) in [6, 6.07) is 7.09. The molecule has 1 aliphatic rings. The smallest absolute Gasteiger partial charge is 0.416 e. The largest absolute Gasteiger partial charge is 0.459 e. The van der Waals surface area contributed by atoms with E-state index in [0.717, 1.165) is 24.3 Å². The number of alkyl halides is 3. The van der Waals surface area contributed by atoms with Crippen molar-refractivity contribution in [2.75, 3.05) is 26.2 Å². The molecule has 3 rings (SSSR count). The predicted molar refractivity (Wildman–Crippen MR) is 104 cm³/mol. The summed E-state index contributed by atoms with van der Waals surface area (Å²) in [5, 5.41) is 5.27. The summed E-state index contributed by atoms with van der Waals surface area (Å²) >= 11 is 0. The highest BCUT2D eigenvalue weighted by molar-refractivity contribution is 5.94. The van der Waals surface area contributed by atoms with Crippen molar-refractivity contribution in [1.82, 2.24) is 15.5 Å². The molecule has 0 unspecified atom stereocenters. The van der Waals surface area contributed by atoms with Crippen molar-refractivity contribution in [1.29, 1.82) is 0 Å². The van der Waals surface area contributed by atoms with Crippen LogP contribution >= 0.6 is 0 Å². The molecule has 2 N–H and O–H groups in total. The average Bonchev–Trinajstić information content (AvgIpc) is 3.30. The minimum absolute atomic E-state index is 0.0960. The lowest BCUT2D eigenvalue weighted by Gasteiger charge is -2.31. The number of nitrogens with zero attached hydrogens (tertiary/aromatic N) is 1. The lowest BCUT2D eigenvalue weighted by Crippen LogP contribution is -2.46. The molecular formula is C21H22F3N3O4. The van der Waals surface area contributed by atoms with Crippen LogP contribution in [-0.2, 0) is 11.0 Å². The van der Waals surface area contributed by atoms with Crippen molar-refractivity contribution >= 4 is 17.7 Å². The summed E-state index contributed by atoms with van der Waals surface area (Å²) in [6.07, 6.45) is -1.71. The first kappa shape index (κ1) is 22.4. The Bertz CT molecular complexity index is 911. The van der Waals surface area contributed by atoms with Crippen LogP contribution in [0, 0.1) is 5.92 Å². The van der Waals surface area contributed by atoms with Crippen LogP contribution in [0.25, 0.3) is 0 Å². The van der Waals surface area contributed by atoms with Crippen LogP contribution in [0.2, 0.25) is 0 Å². The van der Waals surface area contributed by atoms with E-state index < -0.39 is 17.6 Å². The number of carbonyl (C=O) groups is 3. The molecule has 0 saturated carbocycles. The highest BCUT2D eigenvalue weighted by Gasteiger charge is 2.31. The zero-order chi connectivity index (χ0) is 22.4. The van der Waals surface area contributed by atoms with Gasteiger partial charge in [0.15, 0.2) is 5.76 Å². The van der Waals surface area contributed by atoms with Gasteiger partial charge in [-0.05, 0) is 49.2 Å². The summed E-state index contributed by atoms with van der Waals surface area (Å²) < 4.78 is 42.8. The van der Waals surface area contributed by atoms with Gasteiger partial charge in [-0.3, -0.25) is 14.4 Å². The molecule has 10 heteroatoms. The fourth-order valence-corrected chi connectivity index (χ4v) is 3.35. The van der Waals surface area contributed by atoms with Crippen molar-refractivity contribution < 1.29 is 32.0 Å². The van der Waals surface area contributed by atoms with Crippen LogP contribution in [0.1, 0.15) is 39.3 Å². The van der Waals surface area contributed by atoms with Gasteiger partial charge in [-0.1, -0.05) is 0 Å². The third-order valence-electron chi connectivity index (χ3n) is 5.00. The third kappa shape index (κ3) is 5.87. The molecule has 3 amide bonds. The SMILES string of the molecule is O=C(NCCNC(=O)[C@@H]1CCCN(C(=O)c2ccco2)C1)c1ccc(C(F)(F)F)cc1. The molecule has 0 aliphatic carbocycles. The molecule has 1 atom stereocenters. The van der Waals surface area contributed by atoms with Crippen LogP contribution < -0.4 is 10.6 Å². The van der Waals surface area contributed by atoms with Gasteiger partial charge in [0.25, 0.3) is 11.8 Å². The van der Waals surface area contributed by atoms with Gasteiger partial charge in [0.1, 0.15) is 0 Å². The Balaban J connectivity index is 1.41. The van der Waals surface area contributed by atoms with E-state index in [0.29, 0.717) is 19.4 Å². The average molecular weight is 437 g/mol. The first-order chi connectivity index (χ1) is 14.8. The van der Waals surface area contributed by atoms with Gasteiger partial charge in [-0.25, -0.2) is 0 Å². The second kappa shape index (κ2) is 9.67. The van der Waals surface area contributed by atoms with Gasteiger partial charge >= 0.3 is 6.18 Å². The zero-order valence-electron chi connectivity index (χ0n) is 16.6. The Morgan fingerprint density at radius 1 is 1.06 bits per heavy atom. The fourth-order valence-electron chi connectivity index (χ4n) is 3.35. The van der Waals surface area contributed by atoms with Crippen molar-refractivity contribution in [3.63, 3.8) is 0 Å². The van der Waals surface area contributed by atoms with Crippen molar-refractivity contribution in [3.05, 3.63) is 59.5 Å². The predicted octanol–water partition coefficient (Wildman–Crippen LogP) is 2.70. The maximum absolute atomic E-state index is 12.6. The van der Waals surface area contributed by atoms with E-state index >= 15 is 0 Å². The second-order valence-electron chi connectivity index (χ2n) is 7.19. The fraction of sp³-hybridized carbons (Fsp3) is 0.381. The normalized spacial score (nSPS) is 16.6. The Labute approximate surface area is 176 Å². The van der Waals surface area contributed by atoms with Crippen LogP contribution in [0.4, 0.5) is 13.2 Å². The minimum Gasteiger partial charge on any atom is -0.459 e. The third-order valence-corrected chi connectivity index (χ3v) is 5.00. The summed E-state index contributed by atoms with van der Waals surface area (Å²) in [7, 11) is 0. The van der Waals surface area contributed by atoms with Gasteiger partial charge in [0, 0.05) is 31.7 Å². The quantitative estimate of drug-likeness (QED) is 0.680. The monoisotopic (exact) mass is 437 g/mol. The number of halogens is 3. The van der Waals surface area contributed by atoms with Gasteiger partial charge < -0.3 is 20.0 Å². The molecule has 7 nitrogen and oxygen atoms in total. The van der Waals surface area contributed by atoms with E-state index in [4.69, 9.17) is 4.42 Å². The number of carbonyl (C=O) groups excluding carboxylic acids is 3. The van der Waals surface area contributed by atoms with E-state index in [1.807, 2.05) is 0 Å². The first-order valence-corrected chi connectivity index (χ1v) is 9.81. The van der Waals surface area contributed by atoms with Crippen LogP contribution in [0.3, 0.4) is 0 Å². The summed E-state index contributed by atoms with van der Waals surface area (Å²) in [6.45, 7) is 1.11. The molecular weight excluding hydrogens is 415 g/mol. The van der Waals surface area contributed by atoms with Crippen molar-refractivity contribution in [3.8, 4) is 0 Å². The van der Waals surface area contributed by atoms with E-state index in [1.54, 1.807) is 17.0 Å². The zero-order valence-corrected chi connectivity index (χ0v) is 16.6. The summed E-state index contributed by atoms with van der Waals surface area (Å²) in [5.74, 6) is -1.15. The maximum Gasteiger partial charge on any atom is 0.416 e. The number of furan rings is 1. The molecule has 2 aromatic rings. The molecule has 0 radical (unpaired) electrons. The van der Waals surface area contributed by atoms with Gasteiger partial charge in [-0.2, -0.15) is 13.2 Å².